The van der Waals surface area contributed by atoms with Gasteiger partial charge in [0.2, 0.25) is 0 Å². The van der Waals surface area contributed by atoms with Gasteiger partial charge in [0.05, 0.1) is 11.5 Å². The molecule has 8 nitrogen and oxygen atoms in total. The van der Waals surface area contributed by atoms with Crippen LogP contribution in [0.5, 0.6) is 0 Å². The molecular weight excluding hydrogens is 390 g/mol. The zero-order chi connectivity index (χ0) is 18.3. The minimum atomic E-state index is -1.43. The van der Waals surface area contributed by atoms with E-state index in [1.54, 1.807) is 5.92 Å². The third-order valence-corrected chi connectivity index (χ3v) is 1.98. The molecule has 0 aromatic heterocycles. The van der Waals surface area contributed by atoms with Crippen molar-refractivity contribution in [2.45, 2.75) is 12.8 Å². The van der Waals surface area contributed by atoms with Crippen LogP contribution in [0.2, 0.25) is 0 Å². The first-order valence-electron chi connectivity index (χ1n) is 4.65. The van der Waals surface area contributed by atoms with Crippen LogP contribution < -0.4 is 0 Å². The minimum Gasteiger partial charge on any atom is -0.481 e. The molecule has 0 radical (unpaired) electrons. The van der Waals surface area contributed by atoms with Crippen molar-refractivity contribution in [1.29, 1.82) is 0 Å². The maximum Gasteiger partial charge on any atom is 0.381 e. The summed E-state index contributed by atoms with van der Waals surface area (Å²) >= 11 is 10.3. The molecule has 0 aliphatic rings. The Morgan fingerprint density at radius 2 is 1.32 bits per heavy atom. The molecule has 0 saturated carbocycles. The monoisotopic (exact) mass is 396 g/mol. The molecule has 0 rings (SSSR count). The smallest absolute Gasteiger partial charge is 0.381 e. The number of carboxylic acids is 4. The van der Waals surface area contributed by atoms with Gasteiger partial charge in [-0.05, 0) is 0 Å². The van der Waals surface area contributed by atoms with Gasteiger partial charge in [0.25, 0.3) is 0 Å². The Labute approximate surface area is 143 Å². The number of halogens is 4. The minimum absolute atomic E-state index is 0.383. The largest absolute Gasteiger partial charge is 0.481 e. The Bertz CT molecular complexity index is 503. The molecule has 0 spiro atoms. The number of rotatable bonds is 4. The molecule has 0 fully saturated rings. The fraction of sp³-hybridized carbons (Fsp3) is 0.200. The first-order chi connectivity index (χ1) is 10.1. The van der Waals surface area contributed by atoms with Crippen molar-refractivity contribution in [3.8, 4) is 11.8 Å². The van der Waals surface area contributed by atoms with Gasteiger partial charge in [-0.25, -0.2) is 9.59 Å². The topological polar surface area (TPSA) is 149 Å². The Kier molecular flexibility index (Phi) is 18.1. The summed E-state index contributed by atoms with van der Waals surface area (Å²) in [4.78, 5) is 39.3. The molecule has 22 heavy (non-hydrogen) atoms. The van der Waals surface area contributed by atoms with Gasteiger partial charge in [-0.3, -0.25) is 9.59 Å². The second-order valence-corrected chi connectivity index (χ2v) is 3.61. The van der Waals surface area contributed by atoms with E-state index in [1.807, 2.05) is 5.92 Å². The number of carboxylic acid groups (broad SMARTS) is 4. The molecule has 0 bridgehead atoms. The second kappa shape index (κ2) is 15.7. The number of hydrogen-bond acceptors (Lipinski definition) is 4. The van der Waals surface area contributed by atoms with E-state index in [1.165, 1.54) is 0 Å². The summed E-state index contributed by atoms with van der Waals surface area (Å²) in [5.74, 6) is -1.49. The molecule has 124 valence electrons. The summed E-state index contributed by atoms with van der Waals surface area (Å²) in [6.45, 7) is 0. The standard InChI is InChI=1S/C5H4Cl2O4.C5H4O4.Cl2/c6-2(1-3(8)9)4(7)5(10)11;6-4(7)2-1-3-5(8)9;1-2/h1H2,(H,8,9)(H,10,11);2H2,(H,6,7)(H,8,9);/b4-2+;;. The van der Waals surface area contributed by atoms with Crippen molar-refractivity contribution in [3.05, 3.63) is 10.1 Å². The number of aliphatic carboxylic acids is 4. The van der Waals surface area contributed by atoms with Crippen LogP contribution >= 0.6 is 44.9 Å². The summed E-state index contributed by atoms with van der Waals surface area (Å²) < 4.78 is 0. The highest BCUT2D eigenvalue weighted by Crippen LogP contribution is 2.17. The zero-order valence-corrected chi connectivity index (χ0v) is 13.4. The van der Waals surface area contributed by atoms with Crippen molar-refractivity contribution < 1.29 is 39.6 Å². The quantitative estimate of drug-likeness (QED) is 0.416. The van der Waals surface area contributed by atoms with E-state index in [9.17, 15) is 19.2 Å². The summed E-state index contributed by atoms with van der Waals surface area (Å²) in [6, 6.07) is 0. The predicted molar refractivity (Wildman–Crippen MR) is 78.0 cm³/mol. The van der Waals surface area contributed by atoms with Gasteiger partial charge in [-0.15, -0.1) is 0 Å². The number of carbonyl (C=O) groups is 4. The molecule has 4 N–H and O–H groups in total. The average molecular weight is 398 g/mol. The lowest BCUT2D eigenvalue weighted by Gasteiger charge is -1.94. The fourth-order valence-corrected chi connectivity index (χ4v) is 0.784. The normalized spacial score (nSPS) is 9.27. The highest BCUT2D eigenvalue weighted by Gasteiger charge is 2.12. The molecular formula is C10H8Cl4O8. The highest BCUT2D eigenvalue weighted by molar-refractivity contribution is 6.85. The van der Waals surface area contributed by atoms with Crippen LogP contribution in [0.15, 0.2) is 10.1 Å². The molecule has 0 aliphatic heterocycles. The van der Waals surface area contributed by atoms with Gasteiger partial charge >= 0.3 is 23.9 Å². The van der Waals surface area contributed by atoms with Crippen molar-refractivity contribution in [3.63, 3.8) is 0 Å². The maximum atomic E-state index is 10.1. The van der Waals surface area contributed by atoms with E-state index in [4.69, 9.17) is 43.6 Å². The van der Waals surface area contributed by atoms with Crippen molar-refractivity contribution in [1.82, 2.24) is 0 Å². The Morgan fingerprint density at radius 3 is 1.59 bits per heavy atom. The fourth-order valence-electron chi connectivity index (χ4n) is 0.522. The number of hydrogen-bond donors (Lipinski definition) is 4. The molecule has 0 aliphatic carbocycles. The van der Waals surface area contributed by atoms with Crippen molar-refractivity contribution in [2.75, 3.05) is 0 Å². The summed E-state index contributed by atoms with van der Waals surface area (Å²) in [6.07, 6.45) is -1.00. The molecule has 0 unspecified atom stereocenters. The van der Waals surface area contributed by atoms with E-state index >= 15 is 0 Å². The third-order valence-electron chi connectivity index (χ3n) is 1.17. The van der Waals surface area contributed by atoms with E-state index in [0.29, 0.717) is 0 Å². The van der Waals surface area contributed by atoms with Crippen LogP contribution in [-0.2, 0) is 19.2 Å². The van der Waals surface area contributed by atoms with Crippen LogP contribution in [-0.4, -0.2) is 44.3 Å². The lowest BCUT2D eigenvalue weighted by molar-refractivity contribution is -0.137. The van der Waals surface area contributed by atoms with E-state index in [-0.39, 0.29) is 5.03 Å². The molecule has 0 heterocycles. The van der Waals surface area contributed by atoms with Gasteiger partial charge in [-0.1, -0.05) is 29.1 Å². The lowest BCUT2D eigenvalue weighted by Crippen LogP contribution is -2.00. The van der Waals surface area contributed by atoms with Crippen molar-refractivity contribution >= 4 is 68.8 Å². The van der Waals surface area contributed by atoms with Crippen LogP contribution in [0.1, 0.15) is 12.8 Å². The molecule has 0 aromatic rings. The molecule has 0 atom stereocenters. The van der Waals surface area contributed by atoms with E-state index < -0.39 is 41.8 Å². The predicted octanol–water partition coefficient (Wildman–Crippen LogP) is 2.16. The van der Waals surface area contributed by atoms with E-state index in [2.05, 4.69) is 21.7 Å². The van der Waals surface area contributed by atoms with Crippen molar-refractivity contribution in [2.24, 2.45) is 0 Å². The van der Waals surface area contributed by atoms with Gasteiger partial charge in [0, 0.05) is 27.6 Å². The zero-order valence-electron chi connectivity index (χ0n) is 10.3. The second-order valence-electron chi connectivity index (χ2n) is 2.77. The molecule has 12 heteroatoms. The maximum absolute atomic E-state index is 10.1. The Hall–Kier alpha value is -1.66. The SMILES string of the molecule is ClCl.O=C(O)C#CCC(=O)O.O=C(O)C/C(Cl)=C(\Cl)C(=O)O. The van der Waals surface area contributed by atoms with E-state index in [0.717, 1.165) is 0 Å². The average Bonchev–Trinajstić information content (AvgIpc) is 2.39. The van der Waals surface area contributed by atoms with Crippen LogP contribution in [0, 0.1) is 11.8 Å². The molecule has 0 aromatic carbocycles. The summed E-state index contributed by atoms with van der Waals surface area (Å²) in [7, 11) is 8.22. The Balaban J connectivity index is -0.000000299. The van der Waals surface area contributed by atoms with Crippen LogP contribution in [0.4, 0.5) is 0 Å². The summed E-state index contributed by atoms with van der Waals surface area (Å²) in [5, 5.41) is 31.1. The van der Waals surface area contributed by atoms with Crippen LogP contribution in [0.3, 0.4) is 0 Å². The first kappa shape index (κ1) is 25.3. The highest BCUT2D eigenvalue weighted by atomic mass is 36.5. The van der Waals surface area contributed by atoms with Gasteiger partial charge in [-0.2, -0.15) is 0 Å². The summed E-state index contributed by atoms with van der Waals surface area (Å²) in [5.41, 5.74) is 0. The van der Waals surface area contributed by atoms with Crippen LogP contribution in [0.25, 0.3) is 0 Å². The van der Waals surface area contributed by atoms with Gasteiger partial charge in [0.15, 0.2) is 0 Å². The lowest BCUT2D eigenvalue weighted by atomic mass is 10.4. The Morgan fingerprint density at radius 1 is 0.864 bits per heavy atom. The molecule has 0 amide bonds. The third kappa shape index (κ3) is 20.7. The van der Waals surface area contributed by atoms with Gasteiger partial charge in [0.1, 0.15) is 11.5 Å². The van der Waals surface area contributed by atoms with Gasteiger partial charge < -0.3 is 20.4 Å². The molecule has 0 saturated heterocycles. The first-order valence-corrected chi connectivity index (χ1v) is 6.54.